The van der Waals surface area contributed by atoms with Crippen LogP contribution in [0.25, 0.3) is 10.6 Å². The molecule has 0 radical (unpaired) electrons. The minimum atomic E-state index is -0.470. The number of amides is 1. The third-order valence-electron chi connectivity index (χ3n) is 3.31. The number of halogens is 1. The Hall–Kier alpha value is -2.65. The molecule has 6 nitrogen and oxygen atoms in total. The van der Waals surface area contributed by atoms with Gasteiger partial charge in [-0.2, -0.15) is 0 Å². The Morgan fingerprint density at radius 1 is 1.27 bits per heavy atom. The van der Waals surface area contributed by atoms with Crippen molar-refractivity contribution in [3.63, 3.8) is 0 Å². The molecule has 0 unspecified atom stereocenters. The maximum absolute atomic E-state index is 13.8. The van der Waals surface area contributed by atoms with E-state index in [2.05, 4.69) is 15.3 Å². The zero-order valence-corrected chi connectivity index (χ0v) is 15.5. The standard InChI is InChI=1S/C17H14FN3O3S2/c1-3-24-16(23)13-9(2)20-17(26-13)21-14(22)12-8-19-15(25-12)10-6-4-5-7-11(10)18/h4-8H,3H2,1-2H3,(H,20,21,22). The van der Waals surface area contributed by atoms with E-state index in [0.29, 0.717) is 26.0 Å². The van der Waals surface area contributed by atoms with Gasteiger partial charge in [0.2, 0.25) is 0 Å². The van der Waals surface area contributed by atoms with Gasteiger partial charge in [-0.15, -0.1) is 11.3 Å². The van der Waals surface area contributed by atoms with E-state index in [0.717, 1.165) is 22.7 Å². The number of anilines is 1. The largest absolute Gasteiger partial charge is 0.462 e. The van der Waals surface area contributed by atoms with Gasteiger partial charge in [0.15, 0.2) is 5.13 Å². The normalized spacial score (nSPS) is 10.6. The number of nitrogens with one attached hydrogen (secondary N) is 1. The molecule has 0 aliphatic rings. The first-order chi connectivity index (χ1) is 12.5. The van der Waals surface area contributed by atoms with Crippen LogP contribution in [-0.2, 0) is 4.74 Å². The number of aromatic nitrogens is 2. The van der Waals surface area contributed by atoms with Gasteiger partial charge in [-0.1, -0.05) is 23.5 Å². The molecule has 0 aliphatic heterocycles. The van der Waals surface area contributed by atoms with Gasteiger partial charge < -0.3 is 4.74 Å². The Balaban J connectivity index is 1.76. The molecule has 1 aromatic carbocycles. The van der Waals surface area contributed by atoms with E-state index in [4.69, 9.17) is 4.74 Å². The van der Waals surface area contributed by atoms with E-state index in [-0.39, 0.29) is 11.7 Å². The molecule has 26 heavy (non-hydrogen) atoms. The van der Waals surface area contributed by atoms with Crippen molar-refractivity contribution in [3.8, 4) is 10.6 Å². The van der Waals surface area contributed by atoms with Crippen LogP contribution in [0.5, 0.6) is 0 Å². The van der Waals surface area contributed by atoms with Crippen LogP contribution in [0.2, 0.25) is 0 Å². The van der Waals surface area contributed by atoms with Gasteiger partial charge in [-0.05, 0) is 26.0 Å². The van der Waals surface area contributed by atoms with Crippen molar-refractivity contribution in [2.24, 2.45) is 0 Å². The number of rotatable bonds is 5. The van der Waals surface area contributed by atoms with Crippen LogP contribution in [0.4, 0.5) is 9.52 Å². The van der Waals surface area contributed by atoms with E-state index >= 15 is 0 Å². The van der Waals surface area contributed by atoms with E-state index in [1.807, 2.05) is 0 Å². The summed E-state index contributed by atoms with van der Waals surface area (Å²) in [6.45, 7) is 3.65. The summed E-state index contributed by atoms with van der Waals surface area (Å²) in [6, 6.07) is 6.23. The number of hydrogen-bond acceptors (Lipinski definition) is 7. The van der Waals surface area contributed by atoms with Gasteiger partial charge in [0.1, 0.15) is 20.6 Å². The predicted molar refractivity (Wildman–Crippen MR) is 98.3 cm³/mol. The lowest BCUT2D eigenvalue weighted by atomic mass is 10.2. The van der Waals surface area contributed by atoms with Crippen molar-refractivity contribution >= 4 is 39.7 Å². The number of hydrogen-bond donors (Lipinski definition) is 1. The van der Waals surface area contributed by atoms with Crippen LogP contribution in [0.1, 0.15) is 32.0 Å². The zero-order chi connectivity index (χ0) is 18.7. The lowest BCUT2D eigenvalue weighted by Gasteiger charge is -1.98. The van der Waals surface area contributed by atoms with E-state index < -0.39 is 17.7 Å². The van der Waals surface area contributed by atoms with Crippen LogP contribution < -0.4 is 5.32 Å². The van der Waals surface area contributed by atoms with Crippen molar-refractivity contribution in [1.82, 2.24) is 9.97 Å². The maximum Gasteiger partial charge on any atom is 0.350 e. The minimum absolute atomic E-state index is 0.261. The zero-order valence-electron chi connectivity index (χ0n) is 13.9. The molecule has 0 aliphatic carbocycles. The Labute approximate surface area is 156 Å². The number of benzene rings is 1. The van der Waals surface area contributed by atoms with Gasteiger partial charge in [0.25, 0.3) is 5.91 Å². The monoisotopic (exact) mass is 391 g/mol. The van der Waals surface area contributed by atoms with Crippen molar-refractivity contribution in [1.29, 1.82) is 0 Å². The molecule has 134 valence electrons. The van der Waals surface area contributed by atoms with Gasteiger partial charge in [0, 0.05) is 5.56 Å². The van der Waals surface area contributed by atoms with Gasteiger partial charge >= 0.3 is 5.97 Å². The Morgan fingerprint density at radius 3 is 2.77 bits per heavy atom. The number of carbonyl (C=O) groups excluding carboxylic acids is 2. The smallest absolute Gasteiger partial charge is 0.350 e. The molecule has 0 saturated heterocycles. The fraction of sp³-hybridized carbons (Fsp3) is 0.176. The van der Waals surface area contributed by atoms with Crippen LogP contribution in [0.3, 0.4) is 0 Å². The molecule has 0 spiro atoms. The van der Waals surface area contributed by atoms with E-state index in [9.17, 15) is 14.0 Å². The van der Waals surface area contributed by atoms with Crippen molar-refractivity contribution < 1.29 is 18.7 Å². The summed E-state index contributed by atoms with van der Waals surface area (Å²) in [4.78, 5) is 33.1. The number of thiazole rings is 2. The molecule has 2 aromatic heterocycles. The van der Waals surface area contributed by atoms with Crippen LogP contribution in [0.15, 0.2) is 30.5 Å². The summed E-state index contributed by atoms with van der Waals surface area (Å²) >= 11 is 2.12. The summed E-state index contributed by atoms with van der Waals surface area (Å²) in [5.74, 6) is -1.29. The van der Waals surface area contributed by atoms with Crippen LogP contribution in [-0.4, -0.2) is 28.5 Å². The highest BCUT2D eigenvalue weighted by molar-refractivity contribution is 7.18. The third-order valence-corrected chi connectivity index (χ3v) is 5.39. The molecule has 1 amide bonds. The molecule has 3 rings (SSSR count). The van der Waals surface area contributed by atoms with Crippen molar-refractivity contribution in [3.05, 3.63) is 51.7 Å². The molecule has 9 heteroatoms. The van der Waals surface area contributed by atoms with E-state index in [1.54, 1.807) is 32.0 Å². The second kappa shape index (κ2) is 7.71. The molecule has 2 heterocycles. The average Bonchev–Trinajstić information content (AvgIpc) is 3.22. The highest BCUT2D eigenvalue weighted by Gasteiger charge is 2.19. The second-order valence-corrected chi connectivity index (χ2v) is 7.15. The predicted octanol–water partition coefficient (Wildman–Crippen LogP) is 4.14. The molecule has 0 fully saturated rings. The first kappa shape index (κ1) is 18.2. The van der Waals surface area contributed by atoms with E-state index in [1.165, 1.54) is 12.3 Å². The lowest BCUT2D eigenvalue weighted by molar-refractivity contribution is 0.0531. The molecule has 1 N–H and O–H groups in total. The maximum atomic E-state index is 13.8. The van der Waals surface area contributed by atoms with Gasteiger partial charge in [0.05, 0.1) is 18.5 Å². The number of carbonyl (C=O) groups is 2. The quantitative estimate of drug-likeness (QED) is 0.661. The van der Waals surface area contributed by atoms with Crippen LogP contribution >= 0.6 is 22.7 Å². The molecule has 3 aromatic rings. The highest BCUT2D eigenvalue weighted by Crippen LogP contribution is 2.29. The average molecular weight is 391 g/mol. The number of nitrogens with zero attached hydrogens (tertiary/aromatic N) is 2. The summed E-state index contributed by atoms with van der Waals surface area (Å²) in [5, 5.41) is 3.33. The second-order valence-electron chi connectivity index (χ2n) is 5.12. The summed E-state index contributed by atoms with van der Waals surface area (Å²) in [5.41, 5.74) is 0.825. The lowest BCUT2D eigenvalue weighted by Crippen LogP contribution is -2.09. The molecular weight excluding hydrogens is 377 g/mol. The summed E-state index contributed by atoms with van der Waals surface area (Å²) in [7, 11) is 0. The number of esters is 1. The molecular formula is C17H14FN3O3S2. The van der Waals surface area contributed by atoms with Crippen molar-refractivity contribution in [2.45, 2.75) is 13.8 Å². The number of ether oxygens (including phenoxy) is 1. The minimum Gasteiger partial charge on any atom is -0.462 e. The number of aryl methyl sites for hydroxylation is 1. The Kier molecular flexibility index (Phi) is 5.38. The first-order valence-corrected chi connectivity index (χ1v) is 9.29. The molecule has 0 saturated carbocycles. The SMILES string of the molecule is CCOC(=O)c1sc(NC(=O)c2cnc(-c3ccccc3F)s2)nc1C. The molecule has 0 atom stereocenters. The fourth-order valence-corrected chi connectivity index (χ4v) is 3.83. The highest BCUT2D eigenvalue weighted by atomic mass is 32.1. The fourth-order valence-electron chi connectivity index (χ4n) is 2.13. The summed E-state index contributed by atoms with van der Waals surface area (Å²) in [6.07, 6.45) is 1.38. The third kappa shape index (κ3) is 3.78. The van der Waals surface area contributed by atoms with Gasteiger partial charge in [-0.3, -0.25) is 10.1 Å². The van der Waals surface area contributed by atoms with Crippen molar-refractivity contribution in [2.75, 3.05) is 11.9 Å². The summed E-state index contributed by atoms with van der Waals surface area (Å²) < 4.78 is 18.8. The topological polar surface area (TPSA) is 81.2 Å². The first-order valence-electron chi connectivity index (χ1n) is 7.66. The van der Waals surface area contributed by atoms with Gasteiger partial charge in [-0.25, -0.2) is 19.2 Å². The molecule has 0 bridgehead atoms. The van der Waals surface area contributed by atoms with Crippen LogP contribution in [0, 0.1) is 12.7 Å². The Bertz CT molecular complexity index is 968. The Morgan fingerprint density at radius 2 is 2.04 bits per heavy atom.